The number of carbonyl (C=O) groups excluding carboxylic acids is 2. The number of nitrogens with one attached hydrogen (secondary N) is 1. The van der Waals surface area contributed by atoms with Gasteiger partial charge in [-0.25, -0.2) is 0 Å². The van der Waals surface area contributed by atoms with Crippen LogP contribution in [0.5, 0.6) is 0 Å². The van der Waals surface area contributed by atoms with Gasteiger partial charge in [0.05, 0.1) is 0 Å². The van der Waals surface area contributed by atoms with E-state index in [1.54, 1.807) is 0 Å². The Labute approximate surface area is 97.9 Å². The molecule has 1 aromatic rings. The summed E-state index contributed by atoms with van der Waals surface area (Å²) < 4.78 is 4.92. The molecule has 2 amide bonds. The quantitative estimate of drug-likeness (QED) is 0.740. The number of halogens is 1. The van der Waals surface area contributed by atoms with Crippen molar-refractivity contribution in [3.05, 3.63) is 23.1 Å². The van der Waals surface area contributed by atoms with Crippen LogP contribution in [0.4, 0.5) is 0 Å². The molecule has 0 atom stereocenters. The smallest absolute Gasteiger partial charge is 0.287 e. The number of nitrogens with two attached hydrogens (primary N) is 1. The fourth-order valence-electron chi connectivity index (χ4n) is 1.15. The second-order valence-electron chi connectivity index (χ2n) is 3.28. The van der Waals surface area contributed by atoms with Crippen LogP contribution in [0, 0.1) is 0 Å². The Morgan fingerprint density at radius 3 is 2.69 bits per heavy atom. The molecule has 0 saturated heterocycles. The standard InChI is InChI=1S/C10H13ClN2O3/c11-8-5-4-7(16-8)10(15)13-6-2-1-3-9(12)14/h4-5H,1-3,6H2,(H2,12,14)(H,13,15). The molecule has 16 heavy (non-hydrogen) atoms. The van der Waals surface area contributed by atoms with Crippen molar-refractivity contribution >= 4 is 23.4 Å². The van der Waals surface area contributed by atoms with Gasteiger partial charge in [0.2, 0.25) is 5.91 Å². The largest absolute Gasteiger partial charge is 0.440 e. The number of rotatable bonds is 6. The van der Waals surface area contributed by atoms with Crippen molar-refractivity contribution in [2.45, 2.75) is 19.3 Å². The van der Waals surface area contributed by atoms with Crippen molar-refractivity contribution in [3.8, 4) is 0 Å². The molecule has 0 saturated carbocycles. The molecule has 5 nitrogen and oxygen atoms in total. The van der Waals surface area contributed by atoms with Gasteiger partial charge >= 0.3 is 0 Å². The minimum atomic E-state index is -0.329. The number of hydrogen-bond donors (Lipinski definition) is 2. The highest BCUT2D eigenvalue weighted by Crippen LogP contribution is 2.12. The van der Waals surface area contributed by atoms with E-state index in [9.17, 15) is 9.59 Å². The first-order chi connectivity index (χ1) is 7.59. The summed E-state index contributed by atoms with van der Waals surface area (Å²) in [6.45, 7) is 0.477. The average molecular weight is 245 g/mol. The van der Waals surface area contributed by atoms with Gasteiger partial charge in [0, 0.05) is 13.0 Å². The molecule has 1 heterocycles. The van der Waals surface area contributed by atoms with E-state index in [2.05, 4.69) is 5.32 Å². The van der Waals surface area contributed by atoms with Crippen LogP contribution < -0.4 is 11.1 Å². The Balaban J connectivity index is 2.18. The van der Waals surface area contributed by atoms with Crippen LogP contribution in [0.15, 0.2) is 16.5 Å². The summed E-state index contributed by atoms with van der Waals surface area (Å²) in [7, 11) is 0. The highest BCUT2D eigenvalue weighted by Gasteiger charge is 2.09. The molecule has 0 aliphatic carbocycles. The van der Waals surface area contributed by atoms with Crippen LogP contribution in [0.25, 0.3) is 0 Å². The third-order valence-corrected chi connectivity index (χ3v) is 2.14. The van der Waals surface area contributed by atoms with E-state index < -0.39 is 0 Å². The van der Waals surface area contributed by atoms with Gasteiger partial charge in [-0.1, -0.05) is 0 Å². The van der Waals surface area contributed by atoms with Crippen LogP contribution >= 0.6 is 11.6 Å². The number of carbonyl (C=O) groups is 2. The number of furan rings is 1. The molecule has 88 valence electrons. The van der Waals surface area contributed by atoms with Crippen molar-refractivity contribution in [1.29, 1.82) is 0 Å². The molecule has 1 rings (SSSR count). The normalized spacial score (nSPS) is 10.1. The third-order valence-electron chi connectivity index (χ3n) is 1.93. The van der Waals surface area contributed by atoms with Crippen molar-refractivity contribution in [2.24, 2.45) is 5.73 Å². The number of primary amides is 1. The molecule has 1 aromatic heterocycles. The molecule has 0 spiro atoms. The zero-order chi connectivity index (χ0) is 12.0. The average Bonchev–Trinajstić information content (AvgIpc) is 2.63. The van der Waals surface area contributed by atoms with Gasteiger partial charge < -0.3 is 15.5 Å². The van der Waals surface area contributed by atoms with Crippen LogP contribution in [0.2, 0.25) is 5.22 Å². The Morgan fingerprint density at radius 1 is 1.38 bits per heavy atom. The Bertz CT molecular complexity index is 376. The van der Waals surface area contributed by atoms with Gasteiger partial charge in [0.1, 0.15) is 0 Å². The fraction of sp³-hybridized carbons (Fsp3) is 0.400. The minimum Gasteiger partial charge on any atom is -0.440 e. The van der Waals surface area contributed by atoms with Crippen molar-refractivity contribution in [3.63, 3.8) is 0 Å². The SMILES string of the molecule is NC(=O)CCCCNC(=O)c1ccc(Cl)o1. The van der Waals surface area contributed by atoms with Gasteiger partial charge in [-0.15, -0.1) is 0 Å². The number of unbranched alkanes of at least 4 members (excludes halogenated alkanes) is 1. The van der Waals surface area contributed by atoms with Crippen molar-refractivity contribution in [2.75, 3.05) is 6.54 Å². The molecule has 0 aliphatic rings. The zero-order valence-corrected chi connectivity index (χ0v) is 9.42. The van der Waals surface area contributed by atoms with Crippen LogP contribution in [-0.4, -0.2) is 18.4 Å². The van der Waals surface area contributed by atoms with E-state index in [0.29, 0.717) is 25.8 Å². The van der Waals surface area contributed by atoms with Crippen molar-refractivity contribution in [1.82, 2.24) is 5.32 Å². The summed E-state index contributed by atoms with van der Waals surface area (Å²) in [6, 6.07) is 3.00. The van der Waals surface area contributed by atoms with E-state index >= 15 is 0 Å². The lowest BCUT2D eigenvalue weighted by molar-refractivity contribution is -0.118. The first-order valence-corrected chi connectivity index (χ1v) is 5.29. The molecule has 0 fully saturated rings. The van der Waals surface area contributed by atoms with Crippen LogP contribution in [-0.2, 0) is 4.79 Å². The highest BCUT2D eigenvalue weighted by atomic mass is 35.5. The summed E-state index contributed by atoms with van der Waals surface area (Å²) in [5.74, 6) is -0.463. The van der Waals surface area contributed by atoms with Crippen LogP contribution in [0.3, 0.4) is 0 Å². The monoisotopic (exact) mass is 244 g/mol. The Hall–Kier alpha value is -1.49. The van der Waals surface area contributed by atoms with Gasteiger partial charge in [-0.05, 0) is 36.6 Å². The van der Waals surface area contributed by atoms with E-state index in [4.69, 9.17) is 21.8 Å². The van der Waals surface area contributed by atoms with Gasteiger partial charge in [0.25, 0.3) is 5.91 Å². The molecular formula is C10H13ClN2O3. The number of amides is 2. The summed E-state index contributed by atoms with van der Waals surface area (Å²) in [5.41, 5.74) is 4.97. The predicted molar refractivity (Wildman–Crippen MR) is 59.1 cm³/mol. The van der Waals surface area contributed by atoms with E-state index in [1.165, 1.54) is 12.1 Å². The fourth-order valence-corrected chi connectivity index (χ4v) is 1.30. The lowest BCUT2D eigenvalue weighted by atomic mass is 10.2. The van der Waals surface area contributed by atoms with Gasteiger partial charge in [-0.2, -0.15) is 0 Å². The molecule has 0 aliphatic heterocycles. The lowest BCUT2D eigenvalue weighted by Crippen LogP contribution is -2.24. The molecule has 6 heteroatoms. The highest BCUT2D eigenvalue weighted by molar-refractivity contribution is 6.29. The molecule has 0 radical (unpaired) electrons. The maximum atomic E-state index is 11.4. The zero-order valence-electron chi connectivity index (χ0n) is 8.66. The Morgan fingerprint density at radius 2 is 2.12 bits per heavy atom. The maximum Gasteiger partial charge on any atom is 0.287 e. The second-order valence-corrected chi connectivity index (χ2v) is 3.66. The van der Waals surface area contributed by atoms with Gasteiger partial charge in [0.15, 0.2) is 11.0 Å². The van der Waals surface area contributed by atoms with E-state index in [-0.39, 0.29) is 22.8 Å². The molecule has 0 aromatic carbocycles. The number of hydrogen-bond acceptors (Lipinski definition) is 3. The Kier molecular flexibility index (Phi) is 4.85. The third kappa shape index (κ3) is 4.35. The first kappa shape index (κ1) is 12.6. The molecule has 0 unspecified atom stereocenters. The summed E-state index contributed by atoms with van der Waals surface area (Å²) in [4.78, 5) is 21.8. The predicted octanol–water partition coefficient (Wildman–Crippen LogP) is 1.32. The minimum absolute atomic E-state index is 0.180. The van der Waals surface area contributed by atoms with Crippen molar-refractivity contribution < 1.29 is 14.0 Å². The summed E-state index contributed by atoms with van der Waals surface area (Å²) >= 11 is 5.53. The van der Waals surface area contributed by atoms with E-state index in [0.717, 1.165) is 0 Å². The summed E-state index contributed by atoms with van der Waals surface area (Å²) in [5, 5.41) is 2.82. The molecular weight excluding hydrogens is 232 g/mol. The topological polar surface area (TPSA) is 85.3 Å². The molecule has 0 bridgehead atoms. The van der Waals surface area contributed by atoms with E-state index in [1.807, 2.05) is 0 Å². The molecule has 3 N–H and O–H groups in total. The second kappa shape index (κ2) is 6.17. The lowest BCUT2D eigenvalue weighted by Gasteiger charge is -2.01. The maximum absolute atomic E-state index is 11.4. The summed E-state index contributed by atoms with van der Waals surface area (Å²) in [6.07, 6.45) is 1.69. The first-order valence-electron chi connectivity index (χ1n) is 4.91. The van der Waals surface area contributed by atoms with Gasteiger partial charge in [-0.3, -0.25) is 9.59 Å². The van der Waals surface area contributed by atoms with Crippen LogP contribution in [0.1, 0.15) is 29.8 Å².